The summed E-state index contributed by atoms with van der Waals surface area (Å²) < 4.78 is 0. The van der Waals surface area contributed by atoms with Crippen LogP contribution in [0.1, 0.15) is 72.6 Å². The van der Waals surface area contributed by atoms with Crippen LogP contribution in [-0.4, -0.2) is 39.5 Å². The Balaban J connectivity index is 2.13. The quantitative estimate of drug-likeness (QED) is 0.696. The van der Waals surface area contributed by atoms with Crippen molar-refractivity contribution in [2.45, 2.75) is 89.0 Å². The van der Waals surface area contributed by atoms with E-state index in [1.165, 1.54) is 37.0 Å². The van der Waals surface area contributed by atoms with Crippen LogP contribution in [0.4, 0.5) is 0 Å². The second-order valence-electron chi connectivity index (χ2n) is 7.81. The van der Waals surface area contributed by atoms with Gasteiger partial charge in [0.25, 0.3) is 0 Å². The molecule has 2 nitrogen and oxygen atoms in total. The lowest BCUT2D eigenvalue weighted by atomic mass is 9.79. The molecule has 23 heavy (non-hydrogen) atoms. The highest BCUT2D eigenvalue weighted by molar-refractivity contribution is 8.03. The summed E-state index contributed by atoms with van der Waals surface area (Å²) in [6.07, 6.45) is 15.7. The molecule has 0 aromatic heterocycles. The number of hydrogen-bond acceptors (Lipinski definition) is 3. The average Bonchev–Trinajstić information content (AvgIpc) is 2.48. The van der Waals surface area contributed by atoms with Crippen molar-refractivity contribution in [1.29, 1.82) is 0 Å². The third-order valence-corrected chi connectivity index (χ3v) is 6.56. The molecule has 1 saturated carbocycles. The van der Waals surface area contributed by atoms with Crippen molar-refractivity contribution in [2.75, 3.05) is 13.1 Å². The molecule has 0 aromatic carbocycles. The summed E-state index contributed by atoms with van der Waals surface area (Å²) in [5.74, 6) is 0. The van der Waals surface area contributed by atoms with Crippen molar-refractivity contribution in [3.8, 4) is 0 Å². The summed E-state index contributed by atoms with van der Waals surface area (Å²) in [4.78, 5) is 4.03. The molecule has 2 rings (SSSR count). The van der Waals surface area contributed by atoms with Crippen molar-refractivity contribution in [1.82, 2.24) is 4.90 Å². The molecule has 2 aliphatic carbocycles. The number of hydrogen-bond donors (Lipinski definition) is 1. The molecule has 0 spiro atoms. The van der Waals surface area contributed by atoms with E-state index in [0.29, 0.717) is 0 Å². The van der Waals surface area contributed by atoms with E-state index in [2.05, 4.69) is 48.7 Å². The number of thioether (sulfide) groups is 1. The number of rotatable bonds is 7. The van der Waals surface area contributed by atoms with Crippen molar-refractivity contribution < 1.29 is 5.11 Å². The first-order chi connectivity index (χ1) is 10.9. The van der Waals surface area contributed by atoms with Crippen LogP contribution in [0.25, 0.3) is 0 Å². The van der Waals surface area contributed by atoms with Gasteiger partial charge in [-0.2, -0.15) is 0 Å². The fraction of sp³-hybridized carbons (Fsp3) is 0.800. The van der Waals surface area contributed by atoms with Gasteiger partial charge in [0.2, 0.25) is 0 Å². The van der Waals surface area contributed by atoms with Crippen LogP contribution in [0.3, 0.4) is 0 Å². The summed E-state index contributed by atoms with van der Waals surface area (Å²) in [6.45, 7) is 10.4. The lowest BCUT2D eigenvalue weighted by Gasteiger charge is -2.46. The van der Waals surface area contributed by atoms with Crippen LogP contribution >= 0.6 is 11.8 Å². The number of allylic oxidation sites excluding steroid dienone is 2. The minimum atomic E-state index is -0.648. The van der Waals surface area contributed by atoms with Gasteiger partial charge in [-0.1, -0.05) is 51.3 Å². The molecule has 0 bridgehead atoms. The molecule has 0 aliphatic heterocycles. The van der Waals surface area contributed by atoms with Crippen molar-refractivity contribution in [3.63, 3.8) is 0 Å². The average molecular weight is 338 g/mol. The number of aliphatic hydroxyl groups is 1. The fourth-order valence-electron chi connectivity index (χ4n) is 4.29. The molecule has 0 saturated heterocycles. The van der Waals surface area contributed by atoms with Gasteiger partial charge in [-0.25, -0.2) is 0 Å². The molecule has 2 aliphatic rings. The lowest BCUT2D eigenvalue weighted by Crippen LogP contribution is -2.51. The Kier molecular flexibility index (Phi) is 6.82. The smallest absolute Gasteiger partial charge is 0.0612 e. The van der Waals surface area contributed by atoms with Gasteiger partial charge in [0, 0.05) is 17.2 Å². The van der Waals surface area contributed by atoms with E-state index in [1.807, 2.05) is 13.8 Å². The SMILES string of the molecule is CCN(CC)C1(CC(C)(C)O)C=CC=C(SC2CCCCC2)C1. The van der Waals surface area contributed by atoms with Gasteiger partial charge in [-0.15, -0.1) is 11.8 Å². The van der Waals surface area contributed by atoms with Crippen LogP contribution in [0, 0.1) is 0 Å². The molecule has 1 fully saturated rings. The molecule has 1 atom stereocenters. The molecule has 132 valence electrons. The lowest BCUT2D eigenvalue weighted by molar-refractivity contribution is 0.00901. The van der Waals surface area contributed by atoms with Gasteiger partial charge in [0.05, 0.1) is 5.60 Å². The highest BCUT2D eigenvalue weighted by Crippen LogP contribution is 2.43. The standard InChI is InChI=1S/C20H35NOS/c1-5-21(6-2)20(16-19(3,4)22)14-10-13-18(15-20)23-17-11-8-7-9-12-17/h10,13-14,17,22H,5-9,11-12,15-16H2,1-4H3. The Bertz CT molecular complexity index is 427. The van der Waals surface area contributed by atoms with E-state index >= 15 is 0 Å². The van der Waals surface area contributed by atoms with Crippen LogP contribution in [-0.2, 0) is 0 Å². The maximum Gasteiger partial charge on any atom is 0.0612 e. The van der Waals surface area contributed by atoms with Crippen LogP contribution in [0.2, 0.25) is 0 Å². The first kappa shape index (κ1) is 19.1. The second-order valence-corrected chi connectivity index (χ2v) is 9.24. The molecule has 0 amide bonds. The van der Waals surface area contributed by atoms with E-state index in [1.54, 1.807) is 0 Å². The second kappa shape index (κ2) is 8.22. The molecule has 1 N–H and O–H groups in total. The molecular weight excluding hydrogens is 302 g/mol. The van der Waals surface area contributed by atoms with Crippen LogP contribution < -0.4 is 0 Å². The van der Waals surface area contributed by atoms with E-state index in [4.69, 9.17) is 0 Å². The highest BCUT2D eigenvalue weighted by Gasteiger charge is 2.39. The van der Waals surface area contributed by atoms with Gasteiger partial charge < -0.3 is 5.11 Å². The van der Waals surface area contributed by atoms with E-state index in [9.17, 15) is 5.11 Å². The van der Waals surface area contributed by atoms with Gasteiger partial charge >= 0.3 is 0 Å². The monoisotopic (exact) mass is 337 g/mol. The summed E-state index contributed by atoms with van der Waals surface area (Å²) >= 11 is 2.11. The normalized spacial score (nSPS) is 26.6. The summed E-state index contributed by atoms with van der Waals surface area (Å²) in [5.41, 5.74) is -0.682. The Morgan fingerprint density at radius 2 is 1.87 bits per heavy atom. The zero-order valence-corrected chi connectivity index (χ0v) is 16.3. The first-order valence-electron chi connectivity index (χ1n) is 9.41. The predicted molar refractivity (Wildman–Crippen MR) is 103 cm³/mol. The Labute approximate surface area is 147 Å². The third-order valence-electron chi connectivity index (χ3n) is 5.17. The van der Waals surface area contributed by atoms with E-state index < -0.39 is 5.60 Å². The predicted octanol–water partition coefficient (Wildman–Crippen LogP) is 5.14. The summed E-state index contributed by atoms with van der Waals surface area (Å²) in [7, 11) is 0. The Hall–Kier alpha value is -0.250. The zero-order chi connectivity index (χ0) is 16.9. The molecule has 0 aromatic rings. The maximum absolute atomic E-state index is 10.5. The van der Waals surface area contributed by atoms with Crippen molar-refractivity contribution >= 4 is 11.8 Å². The van der Waals surface area contributed by atoms with E-state index in [-0.39, 0.29) is 5.54 Å². The molecule has 0 radical (unpaired) electrons. The minimum absolute atomic E-state index is 0.0342. The van der Waals surface area contributed by atoms with Gasteiger partial charge in [-0.3, -0.25) is 4.90 Å². The van der Waals surface area contributed by atoms with Crippen molar-refractivity contribution in [3.05, 3.63) is 23.1 Å². The maximum atomic E-state index is 10.5. The number of nitrogens with zero attached hydrogens (tertiary/aromatic N) is 1. The minimum Gasteiger partial charge on any atom is -0.390 e. The van der Waals surface area contributed by atoms with Gasteiger partial charge in [0.15, 0.2) is 0 Å². The highest BCUT2D eigenvalue weighted by atomic mass is 32.2. The molecule has 3 heteroatoms. The largest absolute Gasteiger partial charge is 0.390 e. The topological polar surface area (TPSA) is 23.5 Å². The third kappa shape index (κ3) is 5.37. The summed E-state index contributed by atoms with van der Waals surface area (Å²) in [6, 6.07) is 0. The molecule has 0 heterocycles. The zero-order valence-electron chi connectivity index (χ0n) is 15.5. The Morgan fingerprint density at radius 1 is 1.22 bits per heavy atom. The summed E-state index contributed by atoms with van der Waals surface area (Å²) in [5, 5.41) is 11.3. The van der Waals surface area contributed by atoms with Gasteiger partial charge in [0.1, 0.15) is 0 Å². The van der Waals surface area contributed by atoms with Crippen molar-refractivity contribution in [2.24, 2.45) is 0 Å². The Morgan fingerprint density at radius 3 is 2.43 bits per heavy atom. The molecule has 1 unspecified atom stereocenters. The van der Waals surface area contributed by atoms with Crippen LogP contribution in [0.15, 0.2) is 23.1 Å². The number of likely N-dealkylation sites (N-methyl/N-ethyl adjacent to an activating group) is 1. The van der Waals surface area contributed by atoms with Gasteiger partial charge in [-0.05, 0) is 51.1 Å². The van der Waals surface area contributed by atoms with Crippen LogP contribution in [0.5, 0.6) is 0 Å². The first-order valence-corrected chi connectivity index (χ1v) is 10.3. The molecular formula is C20H35NOS. The van der Waals surface area contributed by atoms with E-state index in [0.717, 1.165) is 31.2 Å². The fourth-order valence-corrected chi connectivity index (χ4v) is 5.77.